The number of hydrogen-bond donors (Lipinski definition) is 2. The molecule has 1 atom stereocenters. The fourth-order valence-corrected chi connectivity index (χ4v) is 4.16. The second-order valence-electron chi connectivity index (χ2n) is 8.40. The van der Waals surface area contributed by atoms with Gasteiger partial charge in [0, 0.05) is 66.1 Å². The molecule has 2 saturated heterocycles. The van der Waals surface area contributed by atoms with Crippen molar-refractivity contribution in [2.45, 2.75) is 45.4 Å². The Labute approximate surface area is 188 Å². The molecule has 2 aliphatic rings. The maximum Gasteiger partial charge on any atom is 0.191 e. The first-order valence-electron chi connectivity index (χ1n) is 11.9. The van der Waals surface area contributed by atoms with Crippen LogP contribution in [0.2, 0.25) is 0 Å². The van der Waals surface area contributed by atoms with Crippen molar-refractivity contribution in [2.75, 3.05) is 66.1 Å². The summed E-state index contributed by atoms with van der Waals surface area (Å²) in [7, 11) is 1.82. The zero-order chi connectivity index (χ0) is 21.7. The van der Waals surface area contributed by atoms with Crippen LogP contribution >= 0.6 is 0 Å². The fraction of sp³-hybridized carbons (Fsp3) is 0.708. The lowest BCUT2D eigenvalue weighted by Gasteiger charge is -2.34. The summed E-state index contributed by atoms with van der Waals surface area (Å²) in [5.41, 5.74) is 2.74. The van der Waals surface area contributed by atoms with Gasteiger partial charge in [-0.2, -0.15) is 0 Å². The Kier molecular flexibility index (Phi) is 10.6. The number of likely N-dealkylation sites (N-methyl/N-ethyl adjacent to an activating group) is 1. The van der Waals surface area contributed by atoms with Gasteiger partial charge in [-0.25, -0.2) is 0 Å². The van der Waals surface area contributed by atoms with Crippen molar-refractivity contribution < 1.29 is 9.47 Å². The quantitative estimate of drug-likeness (QED) is 0.318. The molecule has 3 rings (SSSR count). The first-order valence-corrected chi connectivity index (χ1v) is 11.9. The van der Waals surface area contributed by atoms with Gasteiger partial charge in [0.15, 0.2) is 5.96 Å². The van der Waals surface area contributed by atoms with Crippen LogP contribution in [0.15, 0.2) is 29.3 Å². The maximum absolute atomic E-state index is 5.73. The van der Waals surface area contributed by atoms with Gasteiger partial charge < -0.3 is 25.0 Å². The van der Waals surface area contributed by atoms with Gasteiger partial charge in [0.05, 0.1) is 12.7 Å². The molecule has 0 saturated carbocycles. The normalized spacial score (nSPS) is 20.8. The van der Waals surface area contributed by atoms with E-state index in [0.29, 0.717) is 6.10 Å². The predicted molar refractivity (Wildman–Crippen MR) is 126 cm³/mol. The van der Waals surface area contributed by atoms with E-state index in [2.05, 4.69) is 56.6 Å². The number of nitrogens with one attached hydrogen (secondary N) is 2. The molecule has 0 radical (unpaired) electrons. The molecule has 0 aliphatic carbocycles. The summed E-state index contributed by atoms with van der Waals surface area (Å²) in [6, 6.07) is 8.74. The van der Waals surface area contributed by atoms with E-state index >= 15 is 0 Å². The van der Waals surface area contributed by atoms with E-state index in [1.54, 1.807) is 0 Å². The summed E-state index contributed by atoms with van der Waals surface area (Å²) in [4.78, 5) is 9.45. The van der Waals surface area contributed by atoms with Crippen molar-refractivity contribution in [1.29, 1.82) is 0 Å². The van der Waals surface area contributed by atoms with Gasteiger partial charge in [-0.3, -0.25) is 9.89 Å². The minimum Gasteiger partial charge on any atom is -0.379 e. The van der Waals surface area contributed by atoms with Crippen molar-refractivity contribution in [2.24, 2.45) is 4.99 Å². The highest BCUT2D eigenvalue weighted by Crippen LogP contribution is 2.14. The molecular formula is C24H41N5O2. The van der Waals surface area contributed by atoms with Gasteiger partial charge in [0.1, 0.15) is 0 Å². The maximum atomic E-state index is 5.73. The third-order valence-corrected chi connectivity index (χ3v) is 6.18. The van der Waals surface area contributed by atoms with Crippen LogP contribution in [0.4, 0.5) is 0 Å². The number of guanidine groups is 1. The highest BCUT2D eigenvalue weighted by atomic mass is 16.5. The molecule has 2 N–H and O–H groups in total. The predicted octanol–water partition coefficient (Wildman–Crippen LogP) is 2.07. The van der Waals surface area contributed by atoms with E-state index < -0.39 is 0 Å². The number of benzene rings is 1. The summed E-state index contributed by atoms with van der Waals surface area (Å²) in [6.45, 7) is 13.0. The number of ether oxygens (including phenoxy) is 2. The van der Waals surface area contributed by atoms with Crippen molar-refractivity contribution in [1.82, 2.24) is 20.4 Å². The van der Waals surface area contributed by atoms with Gasteiger partial charge in [0.2, 0.25) is 0 Å². The topological polar surface area (TPSA) is 61.4 Å². The zero-order valence-electron chi connectivity index (χ0n) is 19.4. The first kappa shape index (κ1) is 24.0. The Morgan fingerprint density at radius 2 is 1.90 bits per heavy atom. The highest BCUT2D eigenvalue weighted by molar-refractivity contribution is 5.79. The van der Waals surface area contributed by atoms with E-state index in [0.717, 1.165) is 84.3 Å². The molecule has 7 heteroatoms. The molecule has 0 aromatic heterocycles. The molecule has 0 amide bonds. The molecule has 2 heterocycles. The average Bonchev–Trinajstić information content (AvgIpc) is 3.33. The monoisotopic (exact) mass is 431 g/mol. The SMILES string of the molecule is CCN1CCN(Cc2ccccc2CNC(=NC)NCCCOCC2CCCO2)CC1. The molecule has 2 aliphatic heterocycles. The van der Waals surface area contributed by atoms with Crippen molar-refractivity contribution in [3.63, 3.8) is 0 Å². The Morgan fingerprint density at radius 3 is 2.61 bits per heavy atom. The number of piperazine rings is 1. The highest BCUT2D eigenvalue weighted by Gasteiger charge is 2.17. The van der Waals surface area contributed by atoms with Crippen LogP contribution < -0.4 is 10.6 Å². The van der Waals surface area contributed by atoms with Crippen molar-refractivity contribution >= 4 is 5.96 Å². The average molecular weight is 432 g/mol. The summed E-state index contributed by atoms with van der Waals surface area (Å²) < 4.78 is 11.3. The summed E-state index contributed by atoms with van der Waals surface area (Å²) >= 11 is 0. The Hall–Kier alpha value is -1.67. The Morgan fingerprint density at radius 1 is 1.13 bits per heavy atom. The first-order chi connectivity index (χ1) is 15.3. The van der Waals surface area contributed by atoms with E-state index in [-0.39, 0.29) is 0 Å². The van der Waals surface area contributed by atoms with Gasteiger partial charge >= 0.3 is 0 Å². The van der Waals surface area contributed by atoms with E-state index in [1.165, 1.54) is 24.2 Å². The van der Waals surface area contributed by atoms with Gasteiger partial charge in [-0.05, 0) is 36.9 Å². The molecule has 174 valence electrons. The smallest absolute Gasteiger partial charge is 0.191 e. The zero-order valence-corrected chi connectivity index (χ0v) is 19.4. The lowest BCUT2D eigenvalue weighted by atomic mass is 10.1. The van der Waals surface area contributed by atoms with E-state index in [9.17, 15) is 0 Å². The minimum atomic E-state index is 0.304. The molecule has 0 bridgehead atoms. The van der Waals surface area contributed by atoms with Crippen LogP contribution in [-0.4, -0.2) is 88.0 Å². The third kappa shape index (κ3) is 8.41. The second-order valence-corrected chi connectivity index (χ2v) is 8.40. The molecule has 31 heavy (non-hydrogen) atoms. The molecule has 0 spiro atoms. The van der Waals surface area contributed by atoms with Crippen LogP contribution in [0.5, 0.6) is 0 Å². The Bertz CT molecular complexity index is 655. The van der Waals surface area contributed by atoms with Crippen LogP contribution in [0.1, 0.15) is 37.3 Å². The number of hydrogen-bond acceptors (Lipinski definition) is 5. The molecular weight excluding hydrogens is 390 g/mol. The summed E-state index contributed by atoms with van der Waals surface area (Å²) in [5.74, 6) is 0.838. The van der Waals surface area contributed by atoms with E-state index in [4.69, 9.17) is 9.47 Å². The van der Waals surface area contributed by atoms with Gasteiger partial charge in [-0.15, -0.1) is 0 Å². The van der Waals surface area contributed by atoms with Crippen LogP contribution in [-0.2, 0) is 22.6 Å². The number of rotatable bonds is 11. The molecule has 2 fully saturated rings. The number of nitrogens with zero attached hydrogens (tertiary/aromatic N) is 3. The lowest BCUT2D eigenvalue weighted by molar-refractivity contribution is 0.0168. The molecule has 1 unspecified atom stereocenters. The third-order valence-electron chi connectivity index (χ3n) is 6.18. The van der Waals surface area contributed by atoms with Crippen LogP contribution in [0.25, 0.3) is 0 Å². The standard InChI is InChI=1S/C24H41N5O2/c1-3-28-12-14-29(15-13-28)19-22-9-5-4-8-21(22)18-27-24(25-2)26-11-7-16-30-20-23-10-6-17-31-23/h4-5,8-9,23H,3,6-7,10-20H2,1-2H3,(H2,25,26,27). The van der Waals surface area contributed by atoms with E-state index in [1.807, 2.05) is 7.05 Å². The molecule has 1 aromatic carbocycles. The summed E-state index contributed by atoms with van der Waals surface area (Å²) in [6.07, 6.45) is 3.55. The van der Waals surface area contributed by atoms with Crippen LogP contribution in [0.3, 0.4) is 0 Å². The van der Waals surface area contributed by atoms with Crippen molar-refractivity contribution in [3.05, 3.63) is 35.4 Å². The fourth-order valence-electron chi connectivity index (χ4n) is 4.16. The molecule has 7 nitrogen and oxygen atoms in total. The number of aliphatic imine (C=N–C) groups is 1. The summed E-state index contributed by atoms with van der Waals surface area (Å²) in [5, 5.41) is 6.86. The van der Waals surface area contributed by atoms with Crippen LogP contribution in [0, 0.1) is 0 Å². The second kappa shape index (κ2) is 13.7. The van der Waals surface area contributed by atoms with Crippen molar-refractivity contribution in [3.8, 4) is 0 Å². The largest absolute Gasteiger partial charge is 0.379 e. The lowest BCUT2D eigenvalue weighted by Crippen LogP contribution is -2.45. The van der Waals surface area contributed by atoms with Gasteiger partial charge in [0.25, 0.3) is 0 Å². The minimum absolute atomic E-state index is 0.304. The molecule has 1 aromatic rings. The Balaban J connectivity index is 1.35. The van der Waals surface area contributed by atoms with Gasteiger partial charge in [-0.1, -0.05) is 31.2 Å².